The number of fused-ring (bicyclic) bond motifs is 1. The highest BCUT2D eigenvalue weighted by atomic mass is 79.9. The molecule has 6 heteroatoms. The van der Waals surface area contributed by atoms with Crippen LogP contribution in [0.1, 0.15) is 11.3 Å². The van der Waals surface area contributed by atoms with Crippen molar-refractivity contribution in [2.75, 3.05) is 0 Å². The van der Waals surface area contributed by atoms with Gasteiger partial charge in [-0.05, 0) is 36.4 Å². The lowest BCUT2D eigenvalue weighted by atomic mass is 10.1. The van der Waals surface area contributed by atoms with Crippen LogP contribution in [0.4, 0.5) is 5.69 Å². The lowest BCUT2D eigenvalue weighted by molar-refractivity contribution is 0.440. The number of halogens is 1. The maximum absolute atomic E-state index is 12.2. The summed E-state index contributed by atoms with van der Waals surface area (Å²) in [6.45, 7) is 0. The number of aliphatic imine (C=N–C) groups is 1. The van der Waals surface area contributed by atoms with E-state index in [0.29, 0.717) is 11.4 Å². The molecule has 1 aliphatic heterocycles. The molecule has 1 aromatic heterocycles. The molecule has 4 rings (SSSR count). The zero-order valence-corrected chi connectivity index (χ0v) is 14.0. The molecule has 0 spiro atoms. The van der Waals surface area contributed by atoms with E-state index in [1.165, 1.54) is 4.57 Å². The highest BCUT2D eigenvalue weighted by Gasteiger charge is 2.17. The quantitative estimate of drug-likeness (QED) is 0.706. The van der Waals surface area contributed by atoms with Crippen LogP contribution in [-0.2, 0) is 0 Å². The van der Waals surface area contributed by atoms with Crippen molar-refractivity contribution in [1.29, 1.82) is 0 Å². The van der Waals surface area contributed by atoms with Crippen LogP contribution in [0.3, 0.4) is 0 Å². The molecule has 0 amide bonds. The summed E-state index contributed by atoms with van der Waals surface area (Å²) in [5.41, 5.74) is 3.17. The molecule has 0 bridgehead atoms. The first-order valence-corrected chi connectivity index (χ1v) is 8.08. The van der Waals surface area contributed by atoms with E-state index in [1.54, 1.807) is 24.4 Å². The van der Waals surface area contributed by atoms with Crippen molar-refractivity contribution in [1.82, 2.24) is 9.55 Å². The minimum atomic E-state index is -0.394. The SMILES string of the molecule is O=c1[nH]c(C=C2C=Nc3ccc(Br)cc32)c(O)n1-c1ccccc1. The molecule has 0 unspecified atom stereocenters. The minimum Gasteiger partial charge on any atom is -0.493 e. The molecule has 2 N–H and O–H groups in total. The summed E-state index contributed by atoms with van der Waals surface area (Å²) in [7, 11) is 0. The average Bonchev–Trinajstić information content (AvgIpc) is 3.09. The summed E-state index contributed by atoms with van der Waals surface area (Å²) in [6, 6.07) is 14.8. The Kier molecular flexibility index (Phi) is 3.46. The first-order chi connectivity index (χ1) is 11.6. The van der Waals surface area contributed by atoms with Crippen LogP contribution < -0.4 is 5.69 Å². The highest BCUT2D eigenvalue weighted by molar-refractivity contribution is 9.10. The number of rotatable bonds is 2. The fourth-order valence-electron chi connectivity index (χ4n) is 2.69. The van der Waals surface area contributed by atoms with Crippen molar-refractivity contribution in [3.8, 4) is 11.6 Å². The standard InChI is InChI=1S/C18H12BrN3O2/c19-12-6-7-15-14(9-12)11(10-20-15)8-16-17(23)22(18(24)21-16)13-4-2-1-3-5-13/h1-10,23H,(H,21,24). The predicted octanol–water partition coefficient (Wildman–Crippen LogP) is 3.89. The van der Waals surface area contributed by atoms with Gasteiger partial charge in [-0.1, -0.05) is 34.1 Å². The summed E-state index contributed by atoms with van der Waals surface area (Å²) in [5.74, 6) is -0.129. The van der Waals surface area contributed by atoms with Crippen LogP contribution in [0.15, 0.2) is 62.8 Å². The largest absolute Gasteiger partial charge is 0.493 e. The highest BCUT2D eigenvalue weighted by Crippen LogP contribution is 2.35. The minimum absolute atomic E-state index is 0.129. The maximum Gasteiger partial charge on any atom is 0.333 e. The molecule has 0 atom stereocenters. The van der Waals surface area contributed by atoms with Gasteiger partial charge in [-0.25, -0.2) is 9.36 Å². The van der Waals surface area contributed by atoms with E-state index in [1.807, 2.05) is 36.4 Å². The maximum atomic E-state index is 12.2. The summed E-state index contributed by atoms with van der Waals surface area (Å²) in [5, 5.41) is 10.5. The Morgan fingerprint density at radius 1 is 1.17 bits per heavy atom. The summed E-state index contributed by atoms with van der Waals surface area (Å²) < 4.78 is 2.18. The normalized spacial score (nSPS) is 14.3. The van der Waals surface area contributed by atoms with Gasteiger partial charge in [0.15, 0.2) is 0 Å². The fourth-order valence-corrected chi connectivity index (χ4v) is 3.05. The van der Waals surface area contributed by atoms with Crippen molar-refractivity contribution >= 4 is 39.5 Å². The number of benzene rings is 2. The fraction of sp³-hybridized carbons (Fsp3) is 0. The van der Waals surface area contributed by atoms with Crippen LogP contribution in [0.2, 0.25) is 0 Å². The Morgan fingerprint density at radius 3 is 2.75 bits per heavy atom. The van der Waals surface area contributed by atoms with Crippen molar-refractivity contribution < 1.29 is 5.11 Å². The number of aromatic nitrogens is 2. The first kappa shape index (κ1) is 14.7. The number of nitrogens with zero attached hydrogens (tertiary/aromatic N) is 2. The van der Waals surface area contributed by atoms with Crippen molar-refractivity contribution in [3.05, 3.63) is 74.7 Å². The molecule has 0 saturated heterocycles. The third-order valence-electron chi connectivity index (χ3n) is 3.82. The molecule has 1 aliphatic rings. The average molecular weight is 382 g/mol. The van der Waals surface area contributed by atoms with E-state index in [0.717, 1.165) is 21.3 Å². The number of allylic oxidation sites excluding steroid dienone is 1. The monoisotopic (exact) mass is 381 g/mol. The number of aromatic amines is 1. The van der Waals surface area contributed by atoms with Crippen LogP contribution in [0.25, 0.3) is 17.3 Å². The molecule has 3 aromatic rings. The van der Waals surface area contributed by atoms with E-state index in [9.17, 15) is 9.90 Å². The van der Waals surface area contributed by atoms with Gasteiger partial charge in [0.05, 0.1) is 11.4 Å². The number of para-hydroxylation sites is 1. The van der Waals surface area contributed by atoms with E-state index < -0.39 is 5.69 Å². The Bertz CT molecular complexity index is 1050. The number of H-pyrrole nitrogens is 1. The second-order valence-electron chi connectivity index (χ2n) is 5.36. The number of nitrogens with one attached hydrogen (secondary N) is 1. The van der Waals surface area contributed by atoms with Gasteiger partial charge in [0.25, 0.3) is 0 Å². The van der Waals surface area contributed by atoms with Crippen LogP contribution in [0, 0.1) is 0 Å². The lowest BCUT2D eigenvalue weighted by Crippen LogP contribution is -2.14. The van der Waals surface area contributed by atoms with E-state index >= 15 is 0 Å². The molecule has 0 aliphatic carbocycles. The van der Waals surface area contributed by atoms with Crippen LogP contribution in [-0.4, -0.2) is 20.9 Å². The first-order valence-electron chi connectivity index (χ1n) is 7.28. The molecule has 118 valence electrons. The summed E-state index contributed by atoms with van der Waals surface area (Å²) in [6.07, 6.45) is 3.44. The van der Waals surface area contributed by atoms with Gasteiger partial charge in [-0.3, -0.25) is 4.99 Å². The third kappa shape index (κ3) is 2.41. The summed E-state index contributed by atoms with van der Waals surface area (Å²) >= 11 is 3.44. The van der Waals surface area contributed by atoms with Gasteiger partial charge in [0, 0.05) is 21.8 Å². The van der Waals surface area contributed by atoms with Crippen molar-refractivity contribution in [2.45, 2.75) is 0 Å². The van der Waals surface area contributed by atoms with Crippen molar-refractivity contribution in [3.63, 3.8) is 0 Å². The second kappa shape index (κ2) is 5.65. The Balaban J connectivity index is 1.83. The topological polar surface area (TPSA) is 70.4 Å². The zero-order valence-electron chi connectivity index (χ0n) is 12.4. The van der Waals surface area contributed by atoms with Gasteiger partial charge < -0.3 is 10.1 Å². The van der Waals surface area contributed by atoms with Crippen molar-refractivity contribution in [2.24, 2.45) is 4.99 Å². The van der Waals surface area contributed by atoms with Crippen LogP contribution in [0.5, 0.6) is 5.88 Å². The third-order valence-corrected chi connectivity index (χ3v) is 4.32. The Hall–Kier alpha value is -2.86. The van der Waals surface area contributed by atoms with E-state index in [-0.39, 0.29) is 5.88 Å². The lowest BCUT2D eigenvalue weighted by Gasteiger charge is -2.03. The number of hydrogen-bond acceptors (Lipinski definition) is 3. The number of imidazole rings is 1. The number of aromatic hydroxyl groups is 1. The molecule has 0 fully saturated rings. The smallest absolute Gasteiger partial charge is 0.333 e. The Morgan fingerprint density at radius 2 is 1.96 bits per heavy atom. The molecule has 24 heavy (non-hydrogen) atoms. The molecule has 2 heterocycles. The zero-order chi connectivity index (χ0) is 16.7. The molecule has 5 nitrogen and oxygen atoms in total. The second-order valence-corrected chi connectivity index (χ2v) is 6.27. The van der Waals surface area contributed by atoms with E-state index in [4.69, 9.17) is 0 Å². The molecule has 0 saturated carbocycles. The number of hydrogen-bond donors (Lipinski definition) is 2. The molecular weight excluding hydrogens is 370 g/mol. The Labute approximate surface area is 145 Å². The van der Waals surface area contributed by atoms with Gasteiger partial charge in [-0.2, -0.15) is 0 Å². The molecule has 0 radical (unpaired) electrons. The van der Waals surface area contributed by atoms with E-state index in [2.05, 4.69) is 25.9 Å². The van der Waals surface area contributed by atoms with Gasteiger partial charge >= 0.3 is 5.69 Å². The van der Waals surface area contributed by atoms with Gasteiger partial charge in [0.2, 0.25) is 5.88 Å². The molecular formula is C18H12BrN3O2. The van der Waals surface area contributed by atoms with Gasteiger partial charge in [0.1, 0.15) is 5.69 Å². The summed E-state index contributed by atoms with van der Waals surface area (Å²) in [4.78, 5) is 19.2. The molecule has 2 aromatic carbocycles. The predicted molar refractivity (Wildman–Crippen MR) is 98.2 cm³/mol. The van der Waals surface area contributed by atoms with Gasteiger partial charge in [-0.15, -0.1) is 0 Å². The van der Waals surface area contributed by atoms with Crippen LogP contribution >= 0.6 is 15.9 Å².